The number of nitrogens with one attached hydrogen (secondary N) is 1. The highest BCUT2D eigenvalue weighted by Crippen LogP contribution is 2.17. The lowest BCUT2D eigenvalue weighted by Gasteiger charge is -2.28. The van der Waals surface area contributed by atoms with Crippen LogP contribution >= 0.6 is 0 Å². The molecule has 0 aliphatic heterocycles. The van der Waals surface area contributed by atoms with E-state index in [0.29, 0.717) is 6.10 Å². The summed E-state index contributed by atoms with van der Waals surface area (Å²) in [7, 11) is 1.79. The summed E-state index contributed by atoms with van der Waals surface area (Å²) in [5.74, 6) is 0. The molecule has 66 valence electrons. The minimum absolute atomic E-state index is 0.413. The van der Waals surface area contributed by atoms with E-state index in [0.717, 1.165) is 19.0 Å². The van der Waals surface area contributed by atoms with Crippen LogP contribution in [0.1, 0.15) is 32.6 Å². The average molecular weight is 157 g/mol. The molecule has 2 heteroatoms. The summed E-state index contributed by atoms with van der Waals surface area (Å²) in [6.45, 7) is 3.19. The molecular formula is C9H19NO. The molecule has 0 radical (unpaired) electrons. The quantitative estimate of drug-likeness (QED) is 0.654. The van der Waals surface area contributed by atoms with Crippen LogP contribution in [0.25, 0.3) is 0 Å². The van der Waals surface area contributed by atoms with Gasteiger partial charge in [0.1, 0.15) is 0 Å². The molecule has 0 aromatic heterocycles. The van der Waals surface area contributed by atoms with Crippen LogP contribution in [-0.2, 0) is 4.74 Å². The lowest BCUT2D eigenvalue weighted by molar-refractivity contribution is 0.0923. The van der Waals surface area contributed by atoms with Crippen LogP contribution in [0.5, 0.6) is 0 Å². The van der Waals surface area contributed by atoms with Crippen molar-refractivity contribution in [3.05, 3.63) is 0 Å². The Morgan fingerprint density at radius 2 is 2.27 bits per heavy atom. The molecule has 0 amide bonds. The van der Waals surface area contributed by atoms with Gasteiger partial charge >= 0.3 is 0 Å². The third-order valence-corrected chi connectivity index (χ3v) is 2.53. The van der Waals surface area contributed by atoms with Crippen LogP contribution in [0.15, 0.2) is 0 Å². The summed E-state index contributed by atoms with van der Waals surface area (Å²) in [5, 5.41) is 3.50. The summed E-state index contributed by atoms with van der Waals surface area (Å²) < 4.78 is 5.26. The standard InChI is InChI=1S/C9H19NO/c1-3-9(11-2)7-10-8-5-4-6-8/h8-10H,3-7H2,1-2H3. The fourth-order valence-electron chi connectivity index (χ4n) is 1.30. The molecule has 0 aromatic carbocycles. The van der Waals surface area contributed by atoms with E-state index in [1.54, 1.807) is 7.11 Å². The summed E-state index contributed by atoms with van der Waals surface area (Å²) in [4.78, 5) is 0. The molecule has 1 rings (SSSR count). The van der Waals surface area contributed by atoms with E-state index in [4.69, 9.17) is 4.74 Å². The van der Waals surface area contributed by atoms with E-state index < -0.39 is 0 Å². The minimum Gasteiger partial charge on any atom is -0.380 e. The molecule has 1 unspecified atom stereocenters. The van der Waals surface area contributed by atoms with E-state index >= 15 is 0 Å². The van der Waals surface area contributed by atoms with E-state index in [2.05, 4.69) is 12.2 Å². The van der Waals surface area contributed by atoms with Crippen molar-refractivity contribution in [2.75, 3.05) is 13.7 Å². The van der Waals surface area contributed by atoms with Crippen molar-refractivity contribution in [1.82, 2.24) is 5.32 Å². The highest BCUT2D eigenvalue weighted by atomic mass is 16.5. The maximum Gasteiger partial charge on any atom is 0.0693 e. The molecule has 0 bridgehead atoms. The Kier molecular flexibility index (Phi) is 3.87. The van der Waals surface area contributed by atoms with Gasteiger partial charge in [0.05, 0.1) is 6.10 Å². The highest BCUT2D eigenvalue weighted by molar-refractivity contribution is 4.77. The van der Waals surface area contributed by atoms with Gasteiger partial charge in [-0.3, -0.25) is 0 Å². The summed E-state index contributed by atoms with van der Waals surface area (Å²) in [5.41, 5.74) is 0. The molecule has 0 aromatic rings. The Bertz CT molecular complexity index is 97.7. The van der Waals surface area contributed by atoms with Gasteiger partial charge in [0.2, 0.25) is 0 Å². The van der Waals surface area contributed by atoms with Gasteiger partial charge in [0.15, 0.2) is 0 Å². The first-order valence-electron chi connectivity index (χ1n) is 4.63. The summed E-state index contributed by atoms with van der Waals surface area (Å²) in [6.07, 6.45) is 5.65. The van der Waals surface area contributed by atoms with Crippen molar-refractivity contribution < 1.29 is 4.74 Å². The second-order valence-electron chi connectivity index (χ2n) is 3.30. The topological polar surface area (TPSA) is 21.3 Å². The Labute approximate surface area is 69.3 Å². The Morgan fingerprint density at radius 1 is 1.55 bits per heavy atom. The second-order valence-corrected chi connectivity index (χ2v) is 3.30. The molecular weight excluding hydrogens is 138 g/mol. The third-order valence-electron chi connectivity index (χ3n) is 2.53. The van der Waals surface area contributed by atoms with Gasteiger partial charge in [0.25, 0.3) is 0 Å². The van der Waals surface area contributed by atoms with Gasteiger partial charge in [-0.1, -0.05) is 13.3 Å². The fourth-order valence-corrected chi connectivity index (χ4v) is 1.30. The number of rotatable bonds is 5. The second kappa shape index (κ2) is 4.73. The smallest absolute Gasteiger partial charge is 0.0693 e. The zero-order chi connectivity index (χ0) is 8.10. The fraction of sp³-hybridized carbons (Fsp3) is 1.00. The predicted octanol–water partition coefficient (Wildman–Crippen LogP) is 1.55. The lowest BCUT2D eigenvalue weighted by atomic mass is 9.93. The molecule has 11 heavy (non-hydrogen) atoms. The van der Waals surface area contributed by atoms with Crippen molar-refractivity contribution in [3.63, 3.8) is 0 Å². The number of ether oxygens (including phenoxy) is 1. The van der Waals surface area contributed by atoms with E-state index in [-0.39, 0.29) is 0 Å². The van der Waals surface area contributed by atoms with Crippen LogP contribution in [0, 0.1) is 0 Å². The molecule has 0 spiro atoms. The largest absolute Gasteiger partial charge is 0.380 e. The van der Waals surface area contributed by atoms with Gasteiger partial charge in [-0.25, -0.2) is 0 Å². The van der Waals surface area contributed by atoms with Gasteiger partial charge in [-0.05, 0) is 19.3 Å². The normalized spacial score (nSPS) is 21.3. The van der Waals surface area contributed by atoms with Crippen LogP contribution in [0.2, 0.25) is 0 Å². The van der Waals surface area contributed by atoms with Crippen LogP contribution < -0.4 is 5.32 Å². The van der Waals surface area contributed by atoms with E-state index in [9.17, 15) is 0 Å². The molecule has 1 fully saturated rings. The first kappa shape index (κ1) is 9.01. The van der Waals surface area contributed by atoms with E-state index in [1.165, 1.54) is 19.3 Å². The number of methoxy groups -OCH3 is 1. The zero-order valence-electron chi connectivity index (χ0n) is 7.60. The van der Waals surface area contributed by atoms with Crippen LogP contribution in [0.3, 0.4) is 0 Å². The Morgan fingerprint density at radius 3 is 2.64 bits per heavy atom. The SMILES string of the molecule is CCC(CNC1CCC1)OC. The van der Waals surface area contributed by atoms with Crippen molar-refractivity contribution in [3.8, 4) is 0 Å². The number of hydrogen-bond donors (Lipinski definition) is 1. The molecule has 1 saturated carbocycles. The van der Waals surface area contributed by atoms with Gasteiger partial charge in [-0.2, -0.15) is 0 Å². The van der Waals surface area contributed by atoms with E-state index in [1.807, 2.05) is 0 Å². The maximum absolute atomic E-state index is 5.26. The molecule has 1 aliphatic carbocycles. The van der Waals surface area contributed by atoms with Crippen LogP contribution in [0.4, 0.5) is 0 Å². The molecule has 1 aliphatic rings. The molecule has 0 heterocycles. The molecule has 1 N–H and O–H groups in total. The maximum atomic E-state index is 5.26. The highest BCUT2D eigenvalue weighted by Gasteiger charge is 2.17. The van der Waals surface area contributed by atoms with Crippen molar-refractivity contribution in [2.24, 2.45) is 0 Å². The van der Waals surface area contributed by atoms with Gasteiger partial charge < -0.3 is 10.1 Å². The first-order chi connectivity index (χ1) is 5.36. The summed E-state index contributed by atoms with van der Waals surface area (Å²) >= 11 is 0. The van der Waals surface area contributed by atoms with Crippen molar-refractivity contribution >= 4 is 0 Å². The Hall–Kier alpha value is -0.0800. The first-order valence-corrected chi connectivity index (χ1v) is 4.63. The molecule has 0 saturated heterocycles. The monoisotopic (exact) mass is 157 g/mol. The number of hydrogen-bond acceptors (Lipinski definition) is 2. The molecule has 1 atom stereocenters. The predicted molar refractivity (Wildman–Crippen MR) is 46.7 cm³/mol. The lowest BCUT2D eigenvalue weighted by Crippen LogP contribution is -2.40. The van der Waals surface area contributed by atoms with Crippen molar-refractivity contribution in [1.29, 1.82) is 0 Å². The summed E-state index contributed by atoms with van der Waals surface area (Å²) in [6, 6.07) is 0.791. The van der Waals surface area contributed by atoms with Crippen molar-refractivity contribution in [2.45, 2.75) is 44.8 Å². The van der Waals surface area contributed by atoms with Crippen LogP contribution in [-0.4, -0.2) is 25.8 Å². The Balaban J connectivity index is 1.99. The van der Waals surface area contributed by atoms with Gasteiger partial charge in [0, 0.05) is 19.7 Å². The zero-order valence-corrected chi connectivity index (χ0v) is 7.60. The third kappa shape index (κ3) is 2.80. The van der Waals surface area contributed by atoms with Gasteiger partial charge in [-0.15, -0.1) is 0 Å². The average Bonchev–Trinajstić information content (AvgIpc) is 1.95. The minimum atomic E-state index is 0.413. The molecule has 2 nitrogen and oxygen atoms in total.